The molecule has 2 aromatic carbocycles. The van der Waals surface area contributed by atoms with Gasteiger partial charge in [-0.05, 0) is 38.1 Å². The van der Waals surface area contributed by atoms with Gasteiger partial charge in [0.2, 0.25) is 0 Å². The van der Waals surface area contributed by atoms with Gasteiger partial charge in [-0.3, -0.25) is 8.37 Å². The molecule has 174 valence electrons. The van der Waals surface area contributed by atoms with Crippen LogP contribution in [0.3, 0.4) is 0 Å². The van der Waals surface area contributed by atoms with Gasteiger partial charge in [0.05, 0.1) is 16.4 Å². The van der Waals surface area contributed by atoms with Crippen LogP contribution >= 0.6 is 0 Å². The first-order valence-electron chi connectivity index (χ1n) is 9.90. The zero-order valence-electron chi connectivity index (χ0n) is 17.7. The maximum atomic E-state index is 12.8. The molecule has 0 aromatic heterocycles. The van der Waals surface area contributed by atoms with Gasteiger partial charge in [0, 0.05) is 7.11 Å². The Morgan fingerprint density at radius 1 is 0.781 bits per heavy atom. The number of hydrogen-bond donors (Lipinski definition) is 0. The average Bonchev–Trinajstić information content (AvgIpc) is 3.02. The lowest BCUT2D eigenvalue weighted by atomic mass is 10.0. The van der Waals surface area contributed by atoms with Crippen LogP contribution in [0.4, 0.5) is 0 Å². The Labute approximate surface area is 187 Å². The van der Waals surface area contributed by atoms with Gasteiger partial charge in [-0.15, -0.1) is 0 Å². The highest BCUT2D eigenvalue weighted by molar-refractivity contribution is 7.87. The third kappa shape index (κ3) is 4.60. The number of benzene rings is 2. The summed E-state index contributed by atoms with van der Waals surface area (Å²) < 4.78 is 78.8. The molecule has 0 radical (unpaired) electrons. The lowest BCUT2D eigenvalue weighted by Crippen LogP contribution is -2.56. The van der Waals surface area contributed by atoms with Crippen molar-refractivity contribution in [2.45, 2.75) is 54.3 Å². The first-order valence-corrected chi connectivity index (χ1v) is 12.7. The van der Waals surface area contributed by atoms with Gasteiger partial charge in [0.25, 0.3) is 20.2 Å². The van der Waals surface area contributed by atoms with Gasteiger partial charge >= 0.3 is 0 Å². The molecule has 11 heteroatoms. The maximum Gasteiger partial charge on any atom is 0.297 e. The Balaban J connectivity index is 1.59. The highest BCUT2D eigenvalue weighted by atomic mass is 32.2. The van der Waals surface area contributed by atoms with E-state index < -0.39 is 50.9 Å². The largest absolute Gasteiger partial charge is 0.370 e. The second-order valence-electron chi connectivity index (χ2n) is 7.73. The van der Waals surface area contributed by atoms with Crippen LogP contribution in [-0.2, 0) is 42.8 Å². The second-order valence-corrected chi connectivity index (χ2v) is 10.9. The molecule has 0 amide bonds. The van der Waals surface area contributed by atoms with Crippen LogP contribution in [0.2, 0.25) is 0 Å². The van der Waals surface area contributed by atoms with Crippen molar-refractivity contribution < 1.29 is 39.4 Å². The van der Waals surface area contributed by atoms with E-state index in [9.17, 15) is 16.8 Å². The molecule has 0 spiro atoms. The summed E-state index contributed by atoms with van der Waals surface area (Å²) in [6.07, 6.45) is -5.28. The van der Waals surface area contributed by atoms with Crippen LogP contribution in [-0.4, -0.2) is 61.3 Å². The molecule has 2 fully saturated rings. The molecule has 5 atom stereocenters. The van der Waals surface area contributed by atoms with Crippen molar-refractivity contribution in [2.75, 3.05) is 13.7 Å². The standard InChI is InChI=1S/C21H24O9S2/c1-13-4-8-15(9-5-13)31(22,23)29-18-17-12-27-19(18)20(21(26-3)28-17)30-32(24,25)16-10-6-14(2)7-11-16/h4-11,17-21H,12H2,1-3H3/t17-,18+,19-,20-,21+/m0/s1. The Bertz CT molecular complexity index is 1160. The molecule has 0 aliphatic carbocycles. The minimum Gasteiger partial charge on any atom is -0.370 e. The molecule has 2 saturated heterocycles. The smallest absolute Gasteiger partial charge is 0.297 e. The number of rotatable bonds is 7. The fourth-order valence-corrected chi connectivity index (χ4v) is 5.81. The average molecular weight is 485 g/mol. The molecule has 0 N–H and O–H groups in total. The number of aryl methyl sites for hydroxylation is 2. The highest BCUT2D eigenvalue weighted by Gasteiger charge is 2.56. The minimum absolute atomic E-state index is 0.00303. The molecule has 0 unspecified atom stereocenters. The summed E-state index contributed by atoms with van der Waals surface area (Å²) in [5, 5.41) is 0. The van der Waals surface area contributed by atoms with Crippen LogP contribution < -0.4 is 0 Å². The van der Waals surface area contributed by atoms with E-state index in [4.69, 9.17) is 22.6 Å². The molecule has 2 heterocycles. The van der Waals surface area contributed by atoms with Gasteiger partial charge in [-0.1, -0.05) is 35.4 Å². The van der Waals surface area contributed by atoms with Crippen molar-refractivity contribution in [3.8, 4) is 0 Å². The number of methoxy groups -OCH3 is 1. The van der Waals surface area contributed by atoms with Gasteiger partial charge in [-0.25, -0.2) is 0 Å². The summed E-state index contributed by atoms with van der Waals surface area (Å²) in [7, 11) is -7.03. The molecule has 32 heavy (non-hydrogen) atoms. The van der Waals surface area contributed by atoms with E-state index in [2.05, 4.69) is 0 Å². The van der Waals surface area contributed by atoms with Crippen LogP contribution in [0.25, 0.3) is 0 Å². The van der Waals surface area contributed by atoms with Gasteiger partial charge in [0.1, 0.15) is 18.3 Å². The van der Waals surface area contributed by atoms with Crippen molar-refractivity contribution in [1.29, 1.82) is 0 Å². The summed E-state index contributed by atoms with van der Waals surface area (Å²) in [6, 6.07) is 12.3. The maximum absolute atomic E-state index is 12.8. The van der Waals surface area contributed by atoms with Crippen LogP contribution in [0.5, 0.6) is 0 Å². The van der Waals surface area contributed by atoms with Gasteiger partial charge in [-0.2, -0.15) is 16.8 Å². The monoisotopic (exact) mass is 484 g/mol. The molecular formula is C21H24O9S2. The Hall–Kier alpha value is -1.86. The molecule has 2 aliphatic heterocycles. The third-order valence-electron chi connectivity index (χ3n) is 5.37. The first kappa shape index (κ1) is 23.3. The second kappa shape index (κ2) is 8.82. The molecular weight excluding hydrogens is 460 g/mol. The van der Waals surface area contributed by atoms with E-state index in [0.717, 1.165) is 11.1 Å². The van der Waals surface area contributed by atoms with Crippen molar-refractivity contribution in [3.63, 3.8) is 0 Å². The van der Waals surface area contributed by atoms with Crippen LogP contribution in [0.15, 0.2) is 58.3 Å². The van der Waals surface area contributed by atoms with Crippen molar-refractivity contribution in [1.82, 2.24) is 0 Å². The van der Waals surface area contributed by atoms with E-state index in [1.165, 1.54) is 31.4 Å². The molecule has 2 bridgehead atoms. The molecule has 4 rings (SSSR count). The quantitative estimate of drug-likeness (QED) is 0.544. The van der Waals surface area contributed by atoms with E-state index in [0.29, 0.717) is 0 Å². The van der Waals surface area contributed by atoms with E-state index >= 15 is 0 Å². The summed E-state index contributed by atoms with van der Waals surface area (Å²) in [4.78, 5) is -0.0797. The minimum atomic E-state index is -4.21. The molecule has 2 aromatic rings. The lowest BCUT2D eigenvalue weighted by Gasteiger charge is -2.37. The Kier molecular flexibility index (Phi) is 6.43. The number of ether oxygens (including phenoxy) is 3. The SMILES string of the molecule is CO[C@@H]1O[C@H]2CO[C@H]([C@@H]1OS(=O)(=O)c1ccc(C)cc1)[C@@H]2OS(=O)(=O)c1ccc(C)cc1. The predicted molar refractivity (Wildman–Crippen MR) is 112 cm³/mol. The lowest BCUT2D eigenvalue weighted by molar-refractivity contribution is -0.241. The Morgan fingerprint density at radius 3 is 1.72 bits per heavy atom. The highest BCUT2D eigenvalue weighted by Crippen LogP contribution is 2.37. The first-order chi connectivity index (χ1) is 15.1. The van der Waals surface area contributed by atoms with Crippen molar-refractivity contribution in [2.24, 2.45) is 0 Å². The fraction of sp³-hybridized carbons (Fsp3) is 0.429. The van der Waals surface area contributed by atoms with Gasteiger partial charge in [0.15, 0.2) is 12.4 Å². The summed E-state index contributed by atoms with van der Waals surface area (Å²) in [5.74, 6) is 0. The third-order valence-corrected chi connectivity index (χ3v) is 8.02. The topological polar surface area (TPSA) is 114 Å². The summed E-state index contributed by atoms with van der Waals surface area (Å²) >= 11 is 0. The van der Waals surface area contributed by atoms with Crippen LogP contribution in [0, 0.1) is 13.8 Å². The zero-order valence-corrected chi connectivity index (χ0v) is 19.3. The zero-order chi connectivity index (χ0) is 23.1. The summed E-state index contributed by atoms with van der Waals surface area (Å²) in [6.45, 7) is 3.67. The normalized spacial score (nSPS) is 28.0. The van der Waals surface area contributed by atoms with Crippen molar-refractivity contribution in [3.05, 3.63) is 59.7 Å². The van der Waals surface area contributed by atoms with E-state index in [1.807, 2.05) is 13.8 Å². The van der Waals surface area contributed by atoms with E-state index in [-0.39, 0.29) is 16.4 Å². The van der Waals surface area contributed by atoms with Crippen LogP contribution in [0.1, 0.15) is 11.1 Å². The molecule has 2 aliphatic rings. The number of fused-ring (bicyclic) bond motifs is 2. The molecule has 9 nitrogen and oxygen atoms in total. The van der Waals surface area contributed by atoms with Gasteiger partial charge < -0.3 is 14.2 Å². The fourth-order valence-electron chi connectivity index (χ4n) is 3.63. The predicted octanol–water partition coefficient (Wildman–Crippen LogP) is 1.92. The number of hydrogen-bond acceptors (Lipinski definition) is 9. The Morgan fingerprint density at radius 2 is 1.25 bits per heavy atom. The van der Waals surface area contributed by atoms with E-state index in [1.54, 1.807) is 24.3 Å². The summed E-state index contributed by atoms with van der Waals surface area (Å²) in [5.41, 5.74) is 1.78. The van der Waals surface area contributed by atoms with Crippen molar-refractivity contribution >= 4 is 20.2 Å². The molecule has 0 saturated carbocycles.